The van der Waals surface area contributed by atoms with E-state index in [1.165, 1.54) is 6.21 Å². The van der Waals surface area contributed by atoms with Gasteiger partial charge in [-0.05, 0) is 17.7 Å². The topological polar surface area (TPSA) is 89.7 Å². The van der Waals surface area contributed by atoms with Gasteiger partial charge in [0.25, 0.3) is 0 Å². The highest BCUT2D eigenvalue weighted by Gasteiger charge is 2.49. The third-order valence-corrected chi connectivity index (χ3v) is 5.98. The Bertz CT molecular complexity index is 1090. The van der Waals surface area contributed by atoms with E-state index in [2.05, 4.69) is 4.99 Å². The van der Waals surface area contributed by atoms with Crippen molar-refractivity contribution in [1.29, 1.82) is 0 Å². The number of aromatic hydroxyl groups is 1. The van der Waals surface area contributed by atoms with Crippen LogP contribution in [0.2, 0.25) is 0 Å². The summed E-state index contributed by atoms with van der Waals surface area (Å²) < 4.78 is 24.3. The predicted octanol–water partition coefficient (Wildman–Crippen LogP) is 3.60. The predicted molar refractivity (Wildman–Crippen MR) is 125 cm³/mol. The van der Waals surface area contributed by atoms with Crippen LogP contribution in [0.15, 0.2) is 89.9 Å². The molecule has 2 N–H and O–H groups in total. The maximum Gasteiger partial charge on any atom is 0.184 e. The second-order valence-electron chi connectivity index (χ2n) is 8.33. The largest absolute Gasteiger partial charge is 0.507 e. The Morgan fingerprint density at radius 2 is 1.62 bits per heavy atom. The molecule has 2 aliphatic heterocycles. The fourth-order valence-electron chi connectivity index (χ4n) is 4.17. The Morgan fingerprint density at radius 3 is 2.38 bits per heavy atom. The summed E-state index contributed by atoms with van der Waals surface area (Å²) in [6, 6.07) is 25.4. The molecule has 2 fully saturated rings. The molecule has 1 unspecified atom stereocenters. The molecule has 5 rings (SSSR count). The summed E-state index contributed by atoms with van der Waals surface area (Å²) in [6.07, 6.45) is -2.06. The maximum atomic E-state index is 11.3. The van der Waals surface area contributed by atoms with Gasteiger partial charge in [0.15, 0.2) is 12.6 Å². The molecule has 34 heavy (non-hydrogen) atoms. The SMILES string of the molecule is Oc1ccccc1C=N[C@H]1[C@@H](OCc2ccccc2)O[C@@H]2COC(c3ccccc3)O[C@H]2[C@@H]1O. The number of rotatable bonds is 6. The van der Waals surface area contributed by atoms with Gasteiger partial charge in [0, 0.05) is 17.3 Å². The number of aliphatic hydroxyl groups is 1. The zero-order valence-corrected chi connectivity index (χ0v) is 18.5. The van der Waals surface area contributed by atoms with Gasteiger partial charge in [-0.15, -0.1) is 0 Å². The van der Waals surface area contributed by atoms with Gasteiger partial charge in [-0.3, -0.25) is 4.99 Å². The molecule has 0 saturated carbocycles. The maximum absolute atomic E-state index is 11.3. The summed E-state index contributed by atoms with van der Waals surface area (Å²) >= 11 is 0. The van der Waals surface area contributed by atoms with E-state index in [-0.39, 0.29) is 12.4 Å². The number of nitrogens with zero attached hydrogens (tertiary/aromatic N) is 1. The van der Waals surface area contributed by atoms with Crippen LogP contribution < -0.4 is 0 Å². The number of phenols is 1. The van der Waals surface area contributed by atoms with E-state index in [9.17, 15) is 10.2 Å². The Balaban J connectivity index is 1.37. The average molecular weight is 462 g/mol. The van der Waals surface area contributed by atoms with Crippen molar-refractivity contribution in [3.8, 4) is 5.75 Å². The van der Waals surface area contributed by atoms with Crippen molar-refractivity contribution < 1.29 is 29.2 Å². The molecule has 7 heteroatoms. The summed E-state index contributed by atoms with van der Waals surface area (Å²) in [4.78, 5) is 4.57. The van der Waals surface area contributed by atoms with Crippen molar-refractivity contribution >= 4 is 6.21 Å². The van der Waals surface area contributed by atoms with Crippen LogP contribution >= 0.6 is 0 Å². The third-order valence-electron chi connectivity index (χ3n) is 5.98. The Hall–Kier alpha value is -3.07. The van der Waals surface area contributed by atoms with Crippen molar-refractivity contribution in [3.05, 3.63) is 102 Å². The number of aliphatic imine (C=N–C) groups is 1. The van der Waals surface area contributed by atoms with Crippen LogP contribution in [-0.4, -0.2) is 53.7 Å². The van der Waals surface area contributed by atoms with Gasteiger partial charge in [-0.2, -0.15) is 0 Å². The number of phenolic OH excluding ortho intramolecular Hbond substituents is 1. The smallest absolute Gasteiger partial charge is 0.184 e. The number of aliphatic hydroxyl groups excluding tert-OH is 1. The minimum absolute atomic E-state index is 0.101. The first-order valence-corrected chi connectivity index (χ1v) is 11.3. The molecule has 0 aliphatic carbocycles. The van der Waals surface area contributed by atoms with Gasteiger partial charge in [0.2, 0.25) is 0 Å². The summed E-state index contributed by atoms with van der Waals surface area (Å²) in [6.45, 7) is 0.551. The van der Waals surface area contributed by atoms with Crippen molar-refractivity contribution in [1.82, 2.24) is 0 Å². The summed E-state index contributed by atoms with van der Waals surface area (Å²) in [7, 11) is 0. The van der Waals surface area contributed by atoms with Crippen LogP contribution in [0.3, 0.4) is 0 Å². The molecule has 176 valence electrons. The number of benzene rings is 3. The minimum Gasteiger partial charge on any atom is -0.507 e. The van der Waals surface area contributed by atoms with E-state index in [0.29, 0.717) is 12.2 Å². The van der Waals surface area contributed by atoms with E-state index >= 15 is 0 Å². The molecule has 2 heterocycles. The van der Waals surface area contributed by atoms with Gasteiger partial charge in [-0.1, -0.05) is 72.8 Å². The summed E-state index contributed by atoms with van der Waals surface area (Å²) in [5.74, 6) is 0.101. The molecule has 0 spiro atoms. The number of hydrogen-bond acceptors (Lipinski definition) is 7. The van der Waals surface area contributed by atoms with Crippen LogP contribution in [0, 0.1) is 0 Å². The zero-order chi connectivity index (χ0) is 23.3. The van der Waals surface area contributed by atoms with Crippen molar-refractivity contribution in [2.45, 2.75) is 43.5 Å². The van der Waals surface area contributed by atoms with E-state index in [4.69, 9.17) is 18.9 Å². The quantitative estimate of drug-likeness (QED) is 0.546. The lowest BCUT2D eigenvalue weighted by atomic mass is 9.96. The van der Waals surface area contributed by atoms with E-state index in [0.717, 1.165) is 11.1 Å². The normalized spacial score (nSPS) is 29.1. The number of hydrogen-bond donors (Lipinski definition) is 2. The highest BCUT2D eigenvalue weighted by molar-refractivity contribution is 5.83. The molecular weight excluding hydrogens is 434 g/mol. The van der Waals surface area contributed by atoms with Gasteiger partial charge in [0.05, 0.1) is 13.2 Å². The first-order valence-electron chi connectivity index (χ1n) is 11.3. The standard InChI is InChI=1S/C27H27NO6/c29-21-14-8-7-13-20(21)15-28-23-24(30)25-22(17-32-26(34-25)19-11-5-2-6-12-19)33-27(23)31-16-18-9-3-1-4-10-18/h1-15,22-27,29-30H,16-17H2/t22-,23-,24-,25-,26?,27+/m1/s1. The Labute approximate surface area is 198 Å². The van der Waals surface area contributed by atoms with Gasteiger partial charge in [0.1, 0.15) is 30.1 Å². The lowest BCUT2D eigenvalue weighted by Crippen LogP contribution is -2.61. The molecule has 0 bridgehead atoms. The average Bonchev–Trinajstić information content (AvgIpc) is 2.89. The van der Waals surface area contributed by atoms with Crippen molar-refractivity contribution in [2.24, 2.45) is 4.99 Å². The molecule has 0 radical (unpaired) electrons. The molecule has 6 atom stereocenters. The molecule has 3 aromatic rings. The van der Waals surface area contributed by atoms with Crippen LogP contribution in [0.5, 0.6) is 5.75 Å². The third kappa shape index (κ3) is 5.04. The monoisotopic (exact) mass is 461 g/mol. The van der Waals surface area contributed by atoms with Crippen LogP contribution in [0.1, 0.15) is 23.0 Å². The van der Waals surface area contributed by atoms with Crippen molar-refractivity contribution in [2.75, 3.05) is 6.61 Å². The second-order valence-corrected chi connectivity index (χ2v) is 8.33. The molecule has 2 aliphatic rings. The number of para-hydroxylation sites is 1. The molecule has 7 nitrogen and oxygen atoms in total. The minimum atomic E-state index is -1.00. The van der Waals surface area contributed by atoms with E-state index in [1.807, 2.05) is 60.7 Å². The second kappa shape index (κ2) is 10.5. The van der Waals surface area contributed by atoms with Gasteiger partial charge >= 0.3 is 0 Å². The van der Waals surface area contributed by atoms with Crippen LogP contribution in [-0.2, 0) is 25.6 Å². The van der Waals surface area contributed by atoms with Gasteiger partial charge < -0.3 is 29.2 Å². The van der Waals surface area contributed by atoms with E-state index < -0.39 is 36.9 Å². The van der Waals surface area contributed by atoms with Gasteiger partial charge in [-0.25, -0.2) is 0 Å². The van der Waals surface area contributed by atoms with Crippen LogP contribution in [0.25, 0.3) is 0 Å². The first kappa shape index (κ1) is 22.7. The van der Waals surface area contributed by atoms with E-state index in [1.54, 1.807) is 24.3 Å². The number of ether oxygens (including phenoxy) is 4. The molecule has 3 aromatic carbocycles. The fraction of sp³-hybridized carbons (Fsp3) is 0.296. The summed E-state index contributed by atoms with van der Waals surface area (Å²) in [5.41, 5.74) is 2.38. The molecule has 2 saturated heterocycles. The lowest BCUT2D eigenvalue weighted by Gasteiger charge is -2.46. The number of fused-ring (bicyclic) bond motifs is 1. The highest BCUT2D eigenvalue weighted by Crippen LogP contribution is 2.35. The zero-order valence-electron chi connectivity index (χ0n) is 18.5. The Morgan fingerprint density at radius 1 is 0.912 bits per heavy atom. The highest BCUT2D eigenvalue weighted by atomic mass is 16.7. The first-order chi connectivity index (χ1) is 16.7. The Kier molecular flexibility index (Phi) is 6.99. The fourth-order valence-corrected chi connectivity index (χ4v) is 4.17. The van der Waals surface area contributed by atoms with Crippen molar-refractivity contribution in [3.63, 3.8) is 0 Å². The lowest BCUT2D eigenvalue weighted by molar-refractivity contribution is -0.343. The van der Waals surface area contributed by atoms with Crippen LogP contribution in [0.4, 0.5) is 0 Å². The molecular formula is C27H27NO6. The molecule has 0 aromatic heterocycles. The molecule has 0 amide bonds. The summed E-state index contributed by atoms with van der Waals surface area (Å²) in [5, 5.41) is 21.4.